The van der Waals surface area contributed by atoms with E-state index in [1.165, 1.54) is 23.9 Å². The molecule has 0 bridgehead atoms. The molecule has 0 fully saturated rings. The maximum Gasteiger partial charge on any atom is 0.335 e. The first-order chi connectivity index (χ1) is 11.5. The van der Waals surface area contributed by atoms with Crippen molar-refractivity contribution in [2.24, 2.45) is 0 Å². The van der Waals surface area contributed by atoms with Crippen molar-refractivity contribution in [2.75, 3.05) is 17.7 Å². The number of imidazole rings is 1. The summed E-state index contributed by atoms with van der Waals surface area (Å²) in [5, 5.41) is 9.59. The minimum absolute atomic E-state index is 0.0436. The zero-order chi connectivity index (χ0) is 17.1. The lowest BCUT2D eigenvalue weighted by molar-refractivity contribution is -0.115. The van der Waals surface area contributed by atoms with Crippen molar-refractivity contribution in [1.29, 1.82) is 0 Å². The molecule has 2 aromatic carbocycles. The van der Waals surface area contributed by atoms with Gasteiger partial charge in [0.05, 0.1) is 22.3 Å². The molecule has 0 aliphatic heterocycles. The van der Waals surface area contributed by atoms with Crippen molar-refractivity contribution >= 4 is 40.4 Å². The minimum atomic E-state index is -0.986. The van der Waals surface area contributed by atoms with E-state index in [-0.39, 0.29) is 17.2 Å². The molecule has 2 N–H and O–H groups in total. The Morgan fingerprint density at radius 2 is 1.96 bits per heavy atom. The van der Waals surface area contributed by atoms with Crippen LogP contribution in [-0.4, -0.2) is 39.8 Å². The van der Waals surface area contributed by atoms with E-state index in [9.17, 15) is 9.59 Å². The number of benzene rings is 2. The highest BCUT2D eigenvalue weighted by Gasteiger charge is 2.13. The molecule has 0 aliphatic rings. The number of para-hydroxylation sites is 1. The number of carbonyl (C=O) groups excluding carboxylic acids is 1. The maximum absolute atomic E-state index is 12.3. The van der Waals surface area contributed by atoms with E-state index < -0.39 is 5.97 Å². The summed E-state index contributed by atoms with van der Waals surface area (Å²) in [6, 6.07) is 14.1. The van der Waals surface area contributed by atoms with Gasteiger partial charge >= 0.3 is 5.97 Å². The highest BCUT2D eigenvalue weighted by molar-refractivity contribution is 7.99. The van der Waals surface area contributed by atoms with E-state index >= 15 is 0 Å². The van der Waals surface area contributed by atoms with E-state index in [1.54, 1.807) is 18.0 Å². The van der Waals surface area contributed by atoms with Crippen molar-refractivity contribution in [3.05, 3.63) is 54.1 Å². The highest BCUT2D eigenvalue weighted by atomic mass is 32.2. The van der Waals surface area contributed by atoms with E-state index in [1.807, 2.05) is 30.3 Å². The zero-order valence-corrected chi connectivity index (χ0v) is 13.7. The monoisotopic (exact) mass is 341 g/mol. The molecular formula is C17H15N3O3S. The van der Waals surface area contributed by atoms with Crippen LogP contribution in [0, 0.1) is 0 Å². The molecular weight excluding hydrogens is 326 g/mol. The van der Waals surface area contributed by atoms with E-state index in [0.717, 1.165) is 5.69 Å². The molecule has 0 unspecified atom stereocenters. The molecule has 3 rings (SSSR count). The van der Waals surface area contributed by atoms with E-state index in [0.29, 0.717) is 16.2 Å². The van der Waals surface area contributed by atoms with Crippen LogP contribution in [0.1, 0.15) is 10.4 Å². The number of aromatic carboxylic acids is 1. The van der Waals surface area contributed by atoms with Crippen LogP contribution in [0.25, 0.3) is 11.0 Å². The summed E-state index contributed by atoms with van der Waals surface area (Å²) in [7, 11) is 1.73. The fraction of sp³-hybridized carbons (Fsp3) is 0.118. The molecule has 122 valence electrons. The Hall–Kier alpha value is -2.80. The van der Waals surface area contributed by atoms with Crippen LogP contribution in [0.5, 0.6) is 0 Å². The molecule has 0 atom stereocenters. The molecule has 24 heavy (non-hydrogen) atoms. The summed E-state index contributed by atoms with van der Waals surface area (Å²) in [4.78, 5) is 32.2. The van der Waals surface area contributed by atoms with Crippen LogP contribution in [0.3, 0.4) is 0 Å². The van der Waals surface area contributed by atoms with Gasteiger partial charge in [0.2, 0.25) is 5.91 Å². The van der Waals surface area contributed by atoms with Crippen molar-refractivity contribution in [3.8, 4) is 0 Å². The fourth-order valence-electron chi connectivity index (χ4n) is 2.21. The number of carbonyl (C=O) groups is 2. The number of carboxylic acids is 1. The van der Waals surface area contributed by atoms with Crippen LogP contribution in [0.15, 0.2) is 53.7 Å². The lowest BCUT2D eigenvalue weighted by Crippen LogP contribution is -2.27. The van der Waals surface area contributed by atoms with Crippen molar-refractivity contribution in [3.63, 3.8) is 0 Å². The van der Waals surface area contributed by atoms with Gasteiger partial charge in [0.25, 0.3) is 0 Å². The summed E-state index contributed by atoms with van der Waals surface area (Å²) in [6.45, 7) is 0. The van der Waals surface area contributed by atoms with Gasteiger partial charge in [-0.3, -0.25) is 4.79 Å². The Balaban J connectivity index is 1.69. The first-order valence-corrected chi connectivity index (χ1v) is 8.20. The largest absolute Gasteiger partial charge is 0.478 e. The smallest absolute Gasteiger partial charge is 0.335 e. The first kappa shape index (κ1) is 16.1. The average molecular weight is 341 g/mol. The van der Waals surface area contributed by atoms with Crippen molar-refractivity contribution in [1.82, 2.24) is 9.97 Å². The minimum Gasteiger partial charge on any atom is -0.478 e. The number of hydrogen-bond donors (Lipinski definition) is 2. The lowest BCUT2D eigenvalue weighted by atomic mass is 10.2. The van der Waals surface area contributed by atoms with Crippen LogP contribution in [0.2, 0.25) is 0 Å². The number of carboxylic acid groups (broad SMARTS) is 1. The second-order valence-corrected chi connectivity index (χ2v) is 6.12. The number of thioether (sulfide) groups is 1. The summed E-state index contributed by atoms with van der Waals surface area (Å²) in [5.74, 6) is -0.796. The average Bonchev–Trinajstić information content (AvgIpc) is 3.01. The Kier molecular flexibility index (Phi) is 4.52. The Morgan fingerprint density at radius 3 is 2.67 bits per heavy atom. The number of fused-ring (bicyclic) bond motifs is 1. The third-order valence-corrected chi connectivity index (χ3v) is 4.42. The van der Waals surface area contributed by atoms with E-state index in [4.69, 9.17) is 5.11 Å². The quantitative estimate of drug-likeness (QED) is 0.697. The number of hydrogen-bond acceptors (Lipinski definition) is 4. The van der Waals surface area contributed by atoms with Crippen LogP contribution >= 0.6 is 11.8 Å². The van der Waals surface area contributed by atoms with Gasteiger partial charge < -0.3 is 15.0 Å². The molecule has 0 radical (unpaired) electrons. The van der Waals surface area contributed by atoms with E-state index in [2.05, 4.69) is 9.97 Å². The zero-order valence-electron chi connectivity index (χ0n) is 12.9. The molecule has 0 saturated heterocycles. The maximum atomic E-state index is 12.3. The molecule has 0 aliphatic carbocycles. The Morgan fingerprint density at radius 1 is 1.21 bits per heavy atom. The SMILES string of the molecule is CN(C(=O)CSc1nc2ccc(C(=O)O)cc2[nH]1)c1ccccc1. The van der Waals surface area contributed by atoms with Gasteiger partial charge in [0, 0.05) is 12.7 Å². The van der Waals surface area contributed by atoms with Gasteiger partial charge in [0.15, 0.2) is 5.16 Å². The predicted octanol–water partition coefficient (Wildman–Crippen LogP) is 3.02. The second-order valence-electron chi connectivity index (χ2n) is 5.16. The van der Waals surface area contributed by atoms with Crippen LogP contribution in [-0.2, 0) is 4.79 Å². The molecule has 6 nitrogen and oxygen atoms in total. The summed E-state index contributed by atoms with van der Waals surface area (Å²) in [6.07, 6.45) is 0. The van der Waals surface area contributed by atoms with Gasteiger partial charge in [-0.25, -0.2) is 9.78 Å². The standard InChI is InChI=1S/C17H15N3O3S/c1-20(12-5-3-2-4-6-12)15(21)10-24-17-18-13-8-7-11(16(22)23)9-14(13)19-17/h2-9H,10H2,1H3,(H,18,19)(H,22,23). The number of rotatable bonds is 5. The number of H-pyrrole nitrogens is 1. The fourth-order valence-corrected chi connectivity index (χ4v) is 3.01. The van der Waals surface area contributed by atoms with Gasteiger partial charge in [-0.15, -0.1) is 0 Å². The molecule has 1 aromatic heterocycles. The normalized spacial score (nSPS) is 10.7. The third kappa shape index (κ3) is 3.41. The summed E-state index contributed by atoms with van der Waals surface area (Å²) in [5.41, 5.74) is 2.34. The first-order valence-electron chi connectivity index (χ1n) is 7.22. The van der Waals surface area contributed by atoms with Crippen molar-refractivity contribution in [2.45, 2.75) is 5.16 Å². The molecule has 7 heteroatoms. The van der Waals surface area contributed by atoms with Gasteiger partial charge in [-0.05, 0) is 30.3 Å². The summed E-state index contributed by atoms with van der Waals surface area (Å²) >= 11 is 1.29. The molecule has 1 amide bonds. The highest BCUT2D eigenvalue weighted by Crippen LogP contribution is 2.21. The van der Waals surface area contributed by atoms with Gasteiger partial charge in [0.1, 0.15) is 0 Å². The number of anilines is 1. The number of aromatic nitrogens is 2. The van der Waals surface area contributed by atoms with Crippen LogP contribution < -0.4 is 4.90 Å². The Bertz CT molecular complexity index is 892. The van der Waals surface area contributed by atoms with Crippen LogP contribution in [0.4, 0.5) is 5.69 Å². The number of aromatic amines is 1. The predicted molar refractivity (Wildman–Crippen MR) is 93.6 cm³/mol. The van der Waals surface area contributed by atoms with Gasteiger partial charge in [-0.2, -0.15) is 0 Å². The third-order valence-electron chi connectivity index (χ3n) is 3.56. The number of amides is 1. The topological polar surface area (TPSA) is 86.3 Å². The molecule has 3 aromatic rings. The molecule has 0 saturated carbocycles. The Labute approximate surface area is 142 Å². The second kappa shape index (κ2) is 6.76. The van der Waals surface area contributed by atoms with Crippen molar-refractivity contribution < 1.29 is 14.7 Å². The number of nitrogens with zero attached hydrogens (tertiary/aromatic N) is 2. The molecule has 0 spiro atoms. The summed E-state index contributed by atoms with van der Waals surface area (Å²) < 4.78 is 0. The van der Waals surface area contributed by atoms with Gasteiger partial charge in [-0.1, -0.05) is 30.0 Å². The lowest BCUT2D eigenvalue weighted by Gasteiger charge is -2.16. The molecule has 1 heterocycles. The number of nitrogens with one attached hydrogen (secondary N) is 1.